The van der Waals surface area contributed by atoms with E-state index in [0.717, 1.165) is 31.7 Å². The van der Waals surface area contributed by atoms with Crippen molar-refractivity contribution in [1.82, 2.24) is 4.90 Å². The summed E-state index contributed by atoms with van der Waals surface area (Å²) >= 11 is 5.28. The van der Waals surface area contributed by atoms with E-state index in [2.05, 4.69) is 29.1 Å². The van der Waals surface area contributed by atoms with E-state index < -0.39 is 0 Å². The number of likely N-dealkylation sites (tertiary alicyclic amines) is 1. The monoisotopic (exact) mass is 279 g/mol. The lowest BCUT2D eigenvalue weighted by molar-refractivity contribution is -0.132. The fourth-order valence-electron chi connectivity index (χ4n) is 1.79. The van der Waals surface area contributed by atoms with E-state index in [1.165, 1.54) is 0 Å². The molecule has 1 rings (SSSR count). The smallest absolute Gasteiger partial charge is 0.236 e. The van der Waals surface area contributed by atoms with Crippen LogP contribution in [0.1, 0.15) is 19.8 Å². The Morgan fingerprint density at radius 3 is 3.07 bits per heavy atom. The summed E-state index contributed by atoms with van der Waals surface area (Å²) in [6.07, 6.45) is 4.24. The highest BCUT2D eigenvalue weighted by molar-refractivity contribution is 9.10. The van der Waals surface area contributed by atoms with Crippen LogP contribution in [0.3, 0.4) is 0 Å². The maximum Gasteiger partial charge on any atom is 0.236 e. The Balaban J connectivity index is 2.39. The molecule has 0 aromatic carbocycles. The van der Waals surface area contributed by atoms with Crippen LogP contribution >= 0.6 is 27.7 Å². The normalized spacial score (nSPS) is 25.2. The van der Waals surface area contributed by atoms with E-state index in [0.29, 0.717) is 5.92 Å². The van der Waals surface area contributed by atoms with Gasteiger partial charge < -0.3 is 4.90 Å². The lowest BCUT2D eigenvalue weighted by atomic mass is 10.1. The molecule has 0 aliphatic carbocycles. The number of carbonyl (C=O) groups excluding carboxylic acids is 1. The molecule has 1 fully saturated rings. The lowest BCUT2D eigenvalue weighted by Gasteiger charge is -2.31. The molecule has 82 valence electrons. The first-order valence-electron chi connectivity index (χ1n) is 5.07. The molecular weight excluding hydrogens is 262 g/mol. The Hall–Kier alpha value is 0.300. The number of nitrogens with zero attached hydrogens (tertiary/aromatic N) is 1. The molecule has 1 amide bonds. The second kappa shape index (κ2) is 6.01. The second-order valence-electron chi connectivity index (χ2n) is 3.95. The van der Waals surface area contributed by atoms with E-state index >= 15 is 0 Å². The third-order valence-corrected chi connectivity index (χ3v) is 4.20. The van der Waals surface area contributed by atoms with Crippen LogP contribution in [0.4, 0.5) is 0 Å². The van der Waals surface area contributed by atoms with Crippen molar-refractivity contribution in [1.29, 1.82) is 0 Å². The Bertz CT molecular complexity index is 201. The third kappa shape index (κ3) is 3.46. The zero-order valence-electron chi connectivity index (χ0n) is 8.83. The molecular formula is C10H18BrNOS. The van der Waals surface area contributed by atoms with Crippen molar-refractivity contribution in [3.8, 4) is 0 Å². The Morgan fingerprint density at radius 2 is 2.43 bits per heavy atom. The largest absolute Gasteiger partial charge is 0.341 e. The van der Waals surface area contributed by atoms with Crippen molar-refractivity contribution in [2.75, 3.05) is 25.1 Å². The predicted molar refractivity (Wildman–Crippen MR) is 66.1 cm³/mol. The number of carbonyl (C=O) groups is 1. The minimum Gasteiger partial charge on any atom is -0.341 e. The molecule has 14 heavy (non-hydrogen) atoms. The number of thioether (sulfide) groups is 1. The summed E-state index contributed by atoms with van der Waals surface area (Å²) in [4.78, 5) is 13.8. The van der Waals surface area contributed by atoms with Crippen LogP contribution in [0.25, 0.3) is 0 Å². The summed E-state index contributed by atoms with van der Waals surface area (Å²) in [5.74, 6) is 2.02. The summed E-state index contributed by atoms with van der Waals surface area (Å²) in [6, 6.07) is 0. The van der Waals surface area contributed by atoms with E-state index in [1.54, 1.807) is 0 Å². The summed E-state index contributed by atoms with van der Waals surface area (Å²) in [7, 11) is 0. The van der Waals surface area contributed by atoms with Crippen molar-refractivity contribution in [2.24, 2.45) is 5.92 Å². The van der Waals surface area contributed by atoms with Gasteiger partial charge in [0.2, 0.25) is 5.91 Å². The Labute approximate surface area is 98.9 Å². The maximum atomic E-state index is 11.7. The first kappa shape index (κ1) is 12.4. The van der Waals surface area contributed by atoms with E-state index in [9.17, 15) is 4.79 Å². The highest BCUT2D eigenvalue weighted by Crippen LogP contribution is 2.19. The Kier molecular flexibility index (Phi) is 5.31. The highest BCUT2D eigenvalue weighted by atomic mass is 79.9. The lowest BCUT2D eigenvalue weighted by Crippen LogP contribution is -2.44. The van der Waals surface area contributed by atoms with Gasteiger partial charge in [-0.25, -0.2) is 0 Å². The maximum absolute atomic E-state index is 11.7. The van der Waals surface area contributed by atoms with Crippen molar-refractivity contribution in [3.05, 3.63) is 0 Å². The average Bonchev–Trinajstić information content (AvgIpc) is 2.13. The first-order chi connectivity index (χ1) is 6.65. The molecule has 2 unspecified atom stereocenters. The SMILES string of the molecule is CSCC(C)CN1CCCC(Br)C1=O. The van der Waals surface area contributed by atoms with Gasteiger partial charge in [0.1, 0.15) is 0 Å². The molecule has 2 atom stereocenters. The number of rotatable bonds is 4. The summed E-state index contributed by atoms with van der Waals surface area (Å²) in [6.45, 7) is 4.07. The number of amides is 1. The van der Waals surface area contributed by atoms with Gasteiger partial charge >= 0.3 is 0 Å². The van der Waals surface area contributed by atoms with Crippen molar-refractivity contribution in [2.45, 2.75) is 24.6 Å². The predicted octanol–water partition coefficient (Wildman–Crippen LogP) is 2.37. The highest BCUT2D eigenvalue weighted by Gasteiger charge is 2.26. The first-order valence-corrected chi connectivity index (χ1v) is 7.38. The van der Waals surface area contributed by atoms with Gasteiger partial charge in [0.25, 0.3) is 0 Å². The molecule has 0 aromatic heterocycles. The van der Waals surface area contributed by atoms with Gasteiger partial charge in [-0.3, -0.25) is 4.79 Å². The van der Waals surface area contributed by atoms with Gasteiger partial charge in [-0.2, -0.15) is 11.8 Å². The van der Waals surface area contributed by atoms with Gasteiger partial charge in [0.15, 0.2) is 0 Å². The van der Waals surface area contributed by atoms with Crippen molar-refractivity contribution in [3.63, 3.8) is 0 Å². The van der Waals surface area contributed by atoms with Crippen LogP contribution in [0, 0.1) is 5.92 Å². The number of halogens is 1. The molecule has 0 bridgehead atoms. The van der Waals surface area contributed by atoms with Crippen LogP contribution in [0.5, 0.6) is 0 Å². The van der Waals surface area contributed by atoms with Crippen LogP contribution in [-0.4, -0.2) is 40.7 Å². The average molecular weight is 280 g/mol. The van der Waals surface area contributed by atoms with Crippen LogP contribution < -0.4 is 0 Å². The summed E-state index contributed by atoms with van der Waals surface area (Å²) < 4.78 is 0. The van der Waals surface area contributed by atoms with Crippen LogP contribution in [0.15, 0.2) is 0 Å². The standard InChI is InChI=1S/C10H18BrNOS/c1-8(7-14-2)6-12-5-3-4-9(11)10(12)13/h8-9H,3-7H2,1-2H3. The number of alkyl halides is 1. The molecule has 0 aromatic rings. The number of hydrogen-bond acceptors (Lipinski definition) is 2. The zero-order chi connectivity index (χ0) is 10.6. The fraction of sp³-hybridized carbons (Fsp3) is 0.900. The zero-order valence-corrected chi connectivity index (χ0v) is 11.2. The van der Waals surface area contributed by atoms with Gasteiger partial charge in [-0.15, -0.1) is 0 Å². The second-order valence-corrected chi connectivity index (χ2v) is 5.97. The Morgan fingerprint density at radius 1 is 1.71 bits per heavy atom. The minimum atomic E-state index is 0.0673. The van der Waals surface area contributed by atoms with Crippen molar-refractivity contribution >= 4 is 33.6 Å². The topological polar surface area (TPSA) is 20.3 Å². The van der Waals surface area contributed by atoms with E-state index in [-0.39, 0.29) is 10.7 Å². The molecule has 1 saturated heterocycles. The van der Waals surface area contributed by atoms with E-state index in [4.69, 9.17) is 0 Å². The molecule has 1 heterocycles. The molecule has 2 nitrogen and oxygen atoms in total. The van der Waals surface area contributed by atoms with Gasteiger partial charge in [0.05, 0.1) is 4.83 Å². The molecule has 0 N–H and O–H groups in total. The number of piperidine rings is 1. The van der Waals surface area contributed by atoms with Crippen LogP contribution in [-0.2, 0) is 4.79 Å². The summed E-state index contributed by atoms with van der Waals surface area (Å²) in [5.41, 5.74) is 0. The van der Waals surface area contributed by atoms with Gasteiger partial charge in [0, 0.05) is 13.1 Å². The van der Waals surface area contributed by atoms with Crippen LogP contribution in [0.2, 0.25) is 0 Å². The van der Waals surface area contributed by atoms with Gasteiger partial charge in [-0.05, 0) is 30.8 Å². The number of hydrogen-bond donors (Lipinski definition) is 0. The molecule has 1 aliphatic heterocycles. The molecule has 0 spiro atoms. The molecule has 1 aliphatic rings. The van der Waals surface area contributed by atoms with Crippen molar-refractivity contribution < 1.29 is 4.79 Å². The third-order valence-electron chi connectivity index (χ3n) is 2.45. The minimum absolute atomic E-state index is 0.0673. The quantitative estimate of drug-likeness (QED) is 0.737. The molecule has 0 saturated carbocycles. The van der Waals surface area contributed by atoms with E-state index in [1.807, 2.05) is 16.7 Å². The van der Waals surface area contributed by atoms with Gasteiger partial charge in [-0.1, -0.05) is 22.9 Å². The summed E-state index contributed by atoms with van der Waals surface area (Å²) in [5, 5.41) is 0. The molecule has 4 heteroatoms. The fourth-order valence-corrected chi connectivity index (χ4v) is 3.08. The molecule has 0 radical (unpaired) electrons.